The van der Waals surface area contributed by atoms with Crippen LogP contribution in [0.25, 0.3) is 0 Å². The summed E-state index contributed by atoms with van der Waals surface area (Å²) in [5, 5.41) is 0. The number of ether oxygens (including phenoxy) is 1. The number of amides is 1. The number of nitrogens with zero attached hydrogens (tertiary/aromatic N) is 1. The van der Waals surface area contributed by atoms with Crippen molar-refractivity contribution < 1.29 is 9.53 Å². The summed E-state index contributed by atoms with van der Waals surface area (Å²) in [5.74, 6) is 1.32. The van der Waals surface area contributed by atoms with Gasteiger partial charge in [0, 0.05) is 13.1 Å². The van der Waals surface area contributed by atoms with Crippen molar-refractivity contribution in [2.75, 3.05) is 13.1 Å². The van der Waals surface area contributed by atoms with Gasteiger partial charge in [-0.25, -0.2) is 4.79 Å². The van der Waals surface area contributed by atoms with Crippen LogP contribution in [0.2, 0.25) is 0 Å². The quantitative estimate of drug-likeness (QED) is 0.605. The zero-order chi connectivity index (χ0) is 12.6. The number of hydrogen-bond acceptors (Lipinski definition) is 2. The second-order valence-electron chi connectivity index (χ2n) is 6.26. The fraction of sp³-hybridized carbons (Fsp3) is 0.786. The van der Waals surface area contributed by atoms with Crippen molar-refractivity contribution in [2.24, 2.45) is 11.8 Å². The van der Waals surface area contributed by atoms with Gasteiger partial charge >= 0.3 is 6.09 Å². The fourth-order valence-corrected chi connectivity index (χ4v) is 2.87. The van der Waals surface area contributed by atoms with Crippen LogP contribution in [0.15, 0.2) is 11.6 Å². The molecule has 17 heavy (non-hydrogen) atoms. The third kappa shape index (κ3) is 2.82. The minimum absolute atomic E-state index is 0.145. The molecule has 0 aromatic heterocycles. The maximum Gasteiger partial charge on any atom is 0.410 e. The molecule has 0 aromatic carbocycles. The number of hydrogen-bond donors (Lipinski definition) is 0. The maximum absolute atomic E-state index is 11.9. The van der Waals surface area contributed by atoms with E-state index in [0.717, 1.165) is 13.1 Å². The predicted octanol–water partition coefficient (Wildman–Crippen LogP) is 3.21. The van der Waals surface area contributed by atoms with E-state index in [1.807, 2.05) is 25.7 Å². The second kappa shape index (κ2) is 4.35. The van der Waals surface area contributed by atoms with E-state index >= 15 is 0 Å². The summed E-state index contributed by atoms with van der Waals surface area (Å²) in [6.45, 7) is 9.61. The summed E-state index contributed by atoms with van der Waals surface area (Å²) in [7, 11) is 0. The Labute approximate surface area is 104 Å². The first-order valence-corrected chi connectivity index (χ1v) is 6.51. The lowest BCUT2D eigenvalue weighted by Crippen LogP contribution is -2.35. The summed E-state index contributed by atoms with van der Waals surface area (Å²) < 4.78 is 5.41. The molecule has 0 aromatic rings. The number of carbonyl (C=O) groups excluding carboxylic acids is 1. The van der Waals surface area contributed by atoms with Crippen LogP contribution in [0.1, 0.15) is 40.5 Å². The molecule has 2 atom stereocenters. The molecular weight excluding hydrogens is 214 g/mol. The van der Waals surface area contributed by atoms with E-state index in [2.05, 4.69) is 13.0 Å². The molecule has 0 unspecified atom stereocenters. The molecule has 2 fully saturated rings. The largest absolute Gasteiger partial charge is 0.444 e. The van der Waals surface area contributed by atoms with Crippen LogP contribution in [0, 0.1) is 11.8 Å². The van der Waals surface area contributed by atoms with Crippen LogP contribution in [0.3, 0.4) is 0 Å². The number of fused-ring (bicyclic) bond motifs is 1. The number of carbonyl (C=O) groups is 1. The van der Waals surface area contributed by atoms with E-state index in [4.69, 9.17) is 4.74 Å². The molecule has 0 bridgehead atoms. The second-order valence-corrected chi connectivity index (χ2v) is 6.26. The highest BCUT2D eigenvalue weighted by Gasteiger charge is 2.40. The van der Waals surface area contributed by atoms with Crippen molar-refractivity contribution in [3.8, 4) is 0 Å². The van der Waals surface area contributed by atoms with Crippen LogP contribution in [0.4, 0.5) is 4.79 Å². The molecule has 0 spiro atoms. The Balaban J connectivity index is 1.90. The lowest BCUT2D eigenvalue weighted by Gasteiger charge is -2.24. The van der Waals surface area contributed by atoms with E-state index in [9.17, 15) is 4.79 Å². The number of likely N-dealkylation sites (tertiary alicyclic amines) is 1. The lowest BCUT2D eigenvalue weighted by atomic mass is 10.0. The molecular formula is C14H23NO2. The molecule has 96 valence electrons. The third-order valence-corrected chi connectivity index (χ3v) is 3.69. The van der Waals surface area contributed by atoms with Crippen molar-refractivity contribution in [1.29, 1.82) is 0 Å². The monoisotopic (exact) mass is 237 g/mol. The van der Waals surface area contributed by atoms with Gasteiger partial charge in [-0.3, -0.25) is 0 Å². The Hall–Kier alpha value is -0.990. The van der Waals surface area contributed by atoms with Gasteiger partial charge in [0.05, 0.1) is 0 Å². The summed E-state index contributed by atoms with van der Waals surface area (Å²) in [4.78, 5) is 13.8. The fourth-order valence-electron chi connectivity index (χ4n) is 2.87. The van der Waals surface area contributed by atoms with Crippen molar-refractivity contribution in [1.82, 2.24) is 4.90 Å². The first kappa shape index (κ1) is 12.5. The zero-order valence-corrected chi connectivity index (χ0v) is 11.3. The van der Waals surface area contributed by atoms with Crippen LogP contribution < -0.4 is 0 Å². The first-order valence-electron chi connectivity index (χ1n) is 6.51. The maximum atomic E-state index is 11.9. The highest BCUT2D eigenvalue weighted by atomic mass is 16.6. The molecule has 3 heteroatoms. The Kier molecular flexibility index (Phi) is 3.19. The lowest BCUT2D eigenvalue weighted by molar-refractivity contribution is 0.0282. The van der Waals surface area contributed by atoms with Gasteiger partial charge in [-0.05, 0) is 52.4 Å². The van der Waals surface area contributed by atoms with Crippen molar-refractivity contribution in [3.05, 3.63) is 11.6 Å². The number of rotatable bonds is 0. The summed E-state index contributed by atoms with van der Waals surface area (Å²) in [6.07, 6.45) is 4.42. The van der Waals surface area contributed by atoms with Gasteiger partial charge in [0.2, 0.25) is 0 Å². The molecule has 1 saturated heterocycles. The van der Waals surface area contributed by atoms with Gasteiger partial charge < -0.3 is 9.64 Å². The molecule has 1 saturated carbocycles. The molecule has 1 aliphatic heterocycles. The average Bonchev–Trinajstić information content (AvgIpc) is 2.70. The van der Waals surface area contributed by atoms with E-state index in [0.29, 0.717) is 11.8 Å². The van der Waals surface area contributed by atoms with Crippen molar-refractivity contribution in [2.45, 2.75) is 46.1 Å². The molecule has 3 nitrogen and oxygen atoms in total. The van der Waals surface area contributed by atoms with Crippen LogP contribution in [-0.4, -0.2) is 29.7 Å². The zero-order valence-electron chi connectivity index (χ0n) is 11.3. The van der Waals surface area contributed by atoms with Crippen LogP contribution >= 0.6 is 0 Å². The average molecular weight is 237 g/mol. The number of allylic oxidation sites excluding steroid dienone is 2. The predicted molar refractivity (Wildman–Crippen MR) is 67.8 cm³/mol. The Morgan fingerprint density at radius 1 is 1.29 bits per heavy atom. The Morgan fingerprint density at radius 2 is 1.82 bits per heavy atom. The Morgan fingerprint density at radius 3 is 2.24 bits per heavy atom. The Bertz CT molecular complexity index is 325. The van der Waals surface area contributed by atoms with Gasteiger partial charge in [0.25, 0.3) is 0 Å². The van der Waals surface area contributed by atoms with E-state index in [1.54, 1.807) is 5.57 Å². The van der Waals surface area contributed by atoms with Gasteiger partial charge in [-0.15, -0.1) is 0 Å². The minimum Gasteiger partial charge on any atom is -0.444 e. The molecule has 1 amide bonds. The molecule has 2 aliphatic rings. The highest BCUT2D eigenvalue weighted by molar-refractivity contribution is 5.68. The molecule has 0 radical (unpaired) electrons. The molecule has 2 rings (SSSR count). The van der Waals surface area contributed by atoms with Gasteiger partial charge in [0.15, 0.2) is 0 Å². The molecule has 1 aliphatic carbocycles. The van der Waals surface area contributed by atoms with E-state index < -0.39 is 0 Å². The summed E-state index contributed by atoms with van der Waals surface area (Å²) >= 11 is 0. The smallest absolute Gasteiger partial charge is 0.410 e. The normalized spacial score (nSPS) is 28.2. The van der Waals surface area contributed by atoms with Gasteiger partial charge in [0.1, 0.15) is 5.60 Å². The third-order valence-electron chi connectivity index (χ3n) is 3.69. The van der Waals surface area contributed by atoms with Gasteiger partial charge in [-0.1, -0.05) is 11.6 Å². The van der Waals surface area contributed by atoms with E-state index in [-0.39, 0.29) is 11.7 Å². The molecule has 0 N–H and O–H groups in total. The summed E-state index contributed by atoms with van der Waals surface area (Å²) in [6, 6.07) is 0. The van der Waals surface area contributed by atoms with Crippen molar-refractivity contribution >= 4 is 6.09 Å². The van der Waals surface area contributed by atoms with Gasteiger partial charge in [-0.2, -0.15) is 0 Å². The van der Waals surface area contributed by atoms with Crippen LogP contribution in [-0.2, 0) is 4.74 Å². The topological polar surface area (TPSA) is 29.5 Å². The molecule has 1 heterocycles. The highest BCUT2D eigenvalue weighted by Crippen LogP contribution is 2.41. The SMILES string of the molecule is CC=C1C[C@@H]2CN(C(=O)OC(C)(C)C)C[C@H]2C1. The summed E-state index contributed by atoms with van der Waals surface area (Å²) in [5.41, 5.74) is 1.17. The van der Waals surface area contributed by atoms with Crippen molar-refractivity contribution in [3.63, 3.8) is 0 Å². The first-order chi connectivity index (χ1) is 7.89. The standard InChI is InChI=1S/C14H23NO2/c1-5-10-6-11-8-15(9-12(11)7-10)13(16)17-14(2,3)4/h5,11-12H,6-9H2,1-4H3/t11-,12-/m1/s1. The van der Waals surface area contributed by atoms with Crippen LogP contribution in [0.5, 0.6) is 0 Å². The minimum atomic E-state index is -0.386. The van der Waals surface area contributed by atoms with E-state index in [1.165, 1.54) is 12.8 Å².